The van der Waals surface area contributed by atoms with Crippen molar-refractivity contribution in [2.45, 2.75) is 57.8 Å². The van der Waals surface area contributed by atoms with Crippen LogP contribution in [0.5, 0.6) is 0 Å². The largest absolute Gasteiger partial charge is 0.466 e. The molecule has 0 saturated heterocycles. The summed E-state index contributed by atoms with van der Waals surface area (Å²) in [4.78, 5) is 12.1. The Morgan fingerprint density at radius 2 is 1.72 bits per heavy atom. The Bertz CT molecular complexity index is 662. The molecule has 0 heterocycles. The van der Waals surface area contributed by atoms with Crippen LogP contribution in [0.3, 0.4) is 0 Å². The zero-order valence-electron chi connectivity index (χ0n) is 16.0. The van der Waals surface area contributed by atoms with E-state index in [0.29, 0.717) is 6.61 Å². The fourth-order valence-corrected chi connectivity index (χ4v) is 5.36. The fraction of sp³-hybridized carbons (Fsp3) is 0.611. The van der Waals surface area contributed by atoms with Gasteiger partial charge in [-0.15, -0.1) is 0 Å². The zero-order valence-corrected chi connectivity index (χ0v) is 17.9. The average molecular weight is 387 g/mol. The predicted octanol–water partition coefficient (Wildman–Crippen LogP) is 3.58. The molecular weight excluding hydrogens is 356 g/mol. The molecule has 0 radical (unpaired) electrons. The van der Waals surface area contributed by atoms with Crippen LogP contribution in [0.15, 0.2) is 29.2 Å². The van der Waals surface area contributed by atoms with Crippen LogP contribution < -0.4 is 0 Å². The third-order valence-electron chi connectivity index (χ3n) is 3.70. The summed E-state index contributed by atoms with van der Waals surface area (Å²) in [7, 11) is -5.48. The van der Waals surface area contributed by atoms with E-state index in [1.807, 2.05) is 33.5 Å². The molecule has 0 aromatic heterocycles. The average Bonchev–Trinajstić information content (AvgIpc) is 2.45. The van der Waals surface area contributed by atoms with Gasteiger partial charge in [0.05, 0.1) is 29.8 Å². The molecule has 0 fully saturated rings. The third kappa shape index (κ3) is 7.71. The van der Waals surface area contributed by atoms with Gasteiger partial charge >= 0.3 is 5.97 Å². The van der Waals surface area contributed by atoms with Gasteiger partial charge in [0.25, 0.3) is 0 Å². The van der Waals surface area contributed by atoms with E-state index in [9.17, 15) is 13.2 Å². The molecule has 1 aromatic carbocycles. The fourth-order valence-electron chi connectivity index (χ4n) is 2.44. The molecule has 0 aliphatic rings. The Labute approximate surface area is 152 Å². The van der Waals surface area contributed by atoms with Crippen molar-refractivity contribution in [3.63, 3.8) is 0 Å². The molecule has 0 spiro atoms. The number of rotatable bonds is 9. The lowest BCUT2D eigenvalue weighted by atomic mass is 10.0. The minimum atomic E-state index is -3.50. The smallest absolute Gasteiger partial charge is 0.306 e. The number of benzene rings is 1. The maximum Gasteiger partial charge on any atom is 0.306 e. The van der Waals surface area contributed by atoms with Gasteiger partial charge in [-0.25, -0.2) is 8.42 Å². The quantitative estimate of drug-likeness (QED) is 0.479. The van der Waals surface area contributed by atoms with E-state index < -0.39 is 24.3 Å². The summed E-state index contributed by atoms with van der Waals surface area (Å²) in [6.07, 6.45) is -0.394. The Morgan fingerprint density at radius 1 is 1.16 bits per heavy atom. The van der Waals surface area contributed by atoms with Gasteiger partial charge in [0.15, 0.2) is 18.2 Å². The summed E-state index contributed by atoms with van der Waals surface area (Å²) in [5.74, 6) is -0.709. The number of aryl methyl sites for hydroxylation is 1. The lowest BCUT2D eigenvalue weighted by Gasteiger charge is -2.30. The van der Waals surface area contributed by atoms with E-state index >= 15 is 0 Å². The first-order valence-corrected chi connectivity index (χ1v) is 13.6. The maximum atomic E-state index is 12.8. The molecule has 0 bridgehead atoms. The first kappa shape index (κ1) is 21.9. The number of ether oxygens (including phenoxy) is 1. The van der Waals surface area contributed by atoms with E-state index in [1.54, 1.807) is 31.2 Å². The van der Waals surface area contributed by atoms with Gasteiger partial charge in [-0.3, -0.25) is 4.79 Å². The second-order valence-corrected chi connectivity index (χ2v) is 13.8. The van der Waals surface area contributed by atoms with Crippen LogP contribution in [0.4, 0.5) is 0 Å². The normalized spacial score (nSPS) is 14.8. The van der Waals surface area contributed by atoms with Gasteiger partial charge in [-0.2, -0.15) is 0 Å². The topological polar surface area (TPSA) is 69.7 Å². The summed E-state index contributed by atoms with van der Waals surface area (Å²) in [5, 5.41) is 0. The van der Waals surface area contributed by atoms with Crippen molar-refractivity contribution in [3.8, 4) is 0 Å². The monoisotopic (exact) mass is 386 g/mol. The minimum Gasteiger partial charge on any atom is -0.466 e. The number of esters is 1. The minimum absolute atomic E-state index is 0.138. The van der Waals surface area contributed by atoms with Crippen molar-refractivity contribution >= 4 is 24.1 Å². The van der Waals surface area contributed by atoms with Crippen molar-refractivity contribution in [1.82, 2.24) is 0 Å². The summed E-state index contributed by atoms with van der Waals surface area (Å²) < 4.78 is 36.6. The first-order chi connectivity index (χ1) is 11.4. The highest BCUT2D eigenvalue weighted by Gasteiger charge is 2.32. The molecule has 25 heavy (non-hydrogen) atoms. The lowest BCUT2D eigenvalue weighted by molar-refractivity contribution is -0.144. The molecular formula is C18H30O5SSi. The SMILES string of the molecule is CCOC(=O)C[C@H](C)[C@@H](CS(=O)(=O)c1ccc(C)cc1)O[Si](C)(C)C. The van der Waals surface area contributed by atoms with Crippen molar-refractivity contribution in [2.75, 3.05) is 12.4 Å². The Morgan fingerprint density at radius 3 is 2.20 bits per heavy atom. The number of sulfone groups is 1. The third-order valence-corrected chi connectivity index (χ3v) is 6.46. The maximum absolute atomic E-state index is 12.8. The van der Waals surface area contributed by atoms with Crippen LogP contribution in [-0.2, 0) is 23.8 Å². The molecule has 0 unspecified atom stereocenters. The van der Waals surface area contributed by atoms with Crippen LogP contribution in [0.25, 0.3) is 0 Å². The molecule has 0 aliphatic heterocycles. The van der Waals surface area contributed by atoms with Crippen molar-refractivity contribution in [1.29, 1.82) is 0 Å². The van der Waals surface area contributed by atoms with E-state index in [1.165, 1.54) is 0 Å². The second kappa shape index (κ2) is 8.96. The van der Waals surface area contributed by atoms with Crippen LogP contribution in [0.1, 0.15) is 25.8 Å². The molecule has 0 N–H and O–H groups in total. The molecule has 5 nitrogen and oxygen atoms in total. The summed E-state index contributed by atoms with van der Waals surface area (Å²) >= 11 is 0. The Hall–Kier alpha value is -1.18. The molecule has 1 rings (SSSR count). The van der Waals surface area contributed by atoms with Gasteiger partial charge < -0.3 is 9.16 Å². The summed E-state index contributed by atoms with van der Waals surface area (Å²) in [5.41, 5.74) is 1.00. The molecule has 1 aromatic rings. The second-order valence-electron chi connectivity index (χ2n) is 7.35. The highest BCUT2D eigenvalue weighted by molar-refractivity contribution is 7.91. The number of hydrogen-bond acceptors (Lipinski definition) is 5. The van der Waals surface area contributed by atoms with E-state index in [-0.39, 0.29) is 29.0 Å². The molecule has 2 atom stereocenters. The number of hydrogen-bond donors (Lipinski definition) is 0. The van der Waals surface area contributed by atoms with Crippen LogP contribution in [0, 0.1) is 12.8 Å². The molecule has 0 saturated carbocycles. The zero-order chi connectivity index (χ0) is 19.3. The number of carbonyl (C=O) groups is 1. The van der Waals surface area contributed by atoms with Gasteiger partial charge in [0.1, 0.15) is 0 Å². The summed E-state index contributed by atoms with van der Waals surface area (Å²) in [6.45, 7) is 11.8. The van der Waals surface area contributed by atoms with Gasteiger partial charge in [-0.05, 0) is 51.5 Å². The van der Waals surface area contributed by atoms with Crippen LogP contribution in [-0.4, -0.2) is 41.2 Å². The molecule has 7 heteroatoms. The highest BCUT2D eigenvalue weighted by Crippen LogP contribution is 2.23. The van der Waals surface area contributed by atoms with Crippen molar-refractivity contribution in [3.05, 3.63) is 29.8 Å². The number of carbonyl (C=O) groups excluding carboxylic acids is 1. The highest BCUT2D eigenvalue weighted by atomic mass is 32.2. The molecule has 0 aliphatic carbocycles. The van der Waals surface area contributed by atoms with E-state index in [0.717, 1.165) is 5.56 Å². The van der Waals surface area contributed by atoms with Crippen molar-refractivity contribution < 1.29 is 22.4 Å². The standard InChI is InChI=1S/C18H30O5SSi/c1-7-22-18(19)12-15(3)17(23-25(4,5)6)13-24(20,21)16-10-8-14(2)9-11-16/h8-11,15,17H,7,12-13H2,1-6H3/t15-,17+/m0/s1. The molecule has 0 amide bonds. The first-order valence-electron chi connectivity index (χ1n) is 8.57. The molecule has 142 valence electrons. The predicted molar refractivity (Wildman–Crippen MR) is 102 cm³/mol. The lowest BCUT2D eigenvalue weighted by Crippen LogP contribution is -2.40. The van der Waals surface area contributed by atoms with Crippen LogP contribution in [0.2, 0.25) is 19.6 Å². The van der Waals surface area contributed by atoms with Crippen molar-refractivity contribution in [2.24, 2.45) is 5.92 Å². The Balaban J connectivity index is 2.99. The Kier molecular flexibility index (Phi) is 7.83. The van der Waals surface area contributed by atoms with E-state index in [4.69, 9.17) is 9.16 Å². The van der Waals surface area contributed by atoms with Crippen LogP contribution >= 0.6 is 0 Å². The van der Waals surface area contributed by atoms with E-state index in [2.05, 4.69) is 0 Å². The van der Waals surface area contributed by atoms with Gasteiger partial charge in [0.2, 0.25) is 0 Å². The summed E-state index contributed by atoms with van der Waals surface area (Å²) in [6, 6.07) is 6.80. The van der Waals surface area contributed by atoms with Gasteiger partial charge in [0, 0.05) is 0 Å². The van der Waals surface area contributed by atoms with Gasteiger partial charge in [-0.1, -0.05) is 24.6 Å².